The molecule has 0 aliphatic heterocycles. The molecule has 1 unspecified atom stereocenters. The first-order chi connectivity index (χ1) is 36.6. The summed E-state index contributed by atoms with van der Waals surface area (Å²) in [6, 6.07) is 95.1. The molecular formula is C72H56N2. The maximum absolute atomic E-state index is 2.48. The lowest BCUT2D eigenvalue weighted by Gasteiger charge is -2.29. The largest absolute Gasteiger partial charge is 0.310 e. The van der Waals surface area contributed by atoms with Crippen molar-refractivity contribution in [2.75, 3.05) is 4.90 Å². The Morgan fingerprint density at radius 3 is 1.73 bits per heavy atom. The van der Waals surface area contributed by atoms with Crippen molar-refractivity contribution in [2.24, 2.45) is 0 Å². The fraction of sp³-hybridized carbons (Fsp3) is 0.111. The number of fused-ring (bicyclic) bond motifs is 7. The lowest BCUT2D eigenvalue weighted by molar-refractivity contribution is 0.445. The van der Waals surface area contributed by atoms with Crippen LogP contribution in [-0.4, -0.2) is 4.57 Å². The Morgan fingerprint density at radius 1 is 0.405 bits per heavy atom. The van der Waals surface area contributed by atoms with Crippen molar-refractivity contribution in [2.45, 2.75) is 50.4 Å². The van der Waals surface area contributed by atoms with Crippen LogP contribution in [0.25, 0.3) is 82.8 Å². The first-order valence-corrected chi connectivity index (χ1v) is 26.6. The van der Waals surface area contributed by atoms with Gasteiger partial charge in [-0.05, 0) is 158 Å². The molecule has 2 aliphatic rings. The van der Waals surface area contributed by atoms with Crippen LogP contribution in [0.4, 0.5) is 17.1 Å². The van der Waals surface area contributed by atoms with Gasteiger partial charge in [0.2, 0.25) is 0 Å². The number of anilines is 3. The molecular weight excluding hydrogens is 893 g/mol. The number of benzene rings is 11. The highest BCUT2D eigenvalue weighted by atomic mass is 15.1. The van der Waals surface area contributed by atoms with Crippen molar-refractivity contribution in [3.8, 4) is 50.2 Å². The minimum Gasteiger partial charge on any atom is -0.310 e. The predicted molar refractivity (Wildman–Crippen MR) is 313 cm³/mol. The summed E-state index contributed by atoms with van der Waals surface area (Å²) < 4.78 is 2.40. The molecule has 0 N–H and O–H groups in total. The van der Waals surface area contributed by atoms with E-state index in [4.69, 9.17) is 0 Å². The Morgan fingerprint density at radius 2 is 0.973 bits per heavy atom. The van der Waals surface area contributed by atoms with Gasteiger partial charge in [-0.3, -0.25) is 0 Å². The molecule has 0 bridgehead atoms. The summed E-state index contributed by atoms with van der Waals surface area (Å²) in [7, 11) is 0. The lowest BCUT2D eigenvalue weighted by Crippen LogP contribution is -2.22. The van der Waals surface area contributed by atoms with Gasteiger partial charge < -0.3 is 9.47 Å². The molecule has 14 rings (SSSR count). The highest BCUT2D eigenvalue weighted by Crippen LogP contribution is 2.53. The van der Waals surface area contributed by atoms with E-state index < -0.39 is 0 Å². The first-order valence-electron chi connectivity index (χ1n) is 26.6. The number of hydrogen-bond donors (Lipinski definition) is 0. The quantitative estimate of drug-likeness (QED) is 0.140. The van der Waals surface area contributed by atoms with Crippen LogP contribution in [0, 0.1) is 0 Å². The van der Waals surface area contributed by atoms with Crippen molar-refractivity contribution in [1.29, 1.82) is 0 Å². The topological polar surface area (TPSA) is 8.17 Å². The van der Waals surface area contributed by atoms with E-state index in [-0.39, 0.29) is 5.41 Å². The van der Waals surface area contributed by atoms with Gasteiger partial charge in [0.15, 0.2) is 0 Å². The fourth-order valence-corrected chi connectivity index (χ4v) is 13.0. The summed E-state index contributed by atoms with van der Waals surface area (Å²) in [4.78, 5) is 2.48. The van der Waals surface area contributed by atoms with Crippen LogP contribution in [0.2, 0.25) is 0 Å². The maximum Gasteiger partial charge on any atom is 0.0547 e. The van der Waals surface area contributed by atoms with Crippen LogP contribution in [0.15, 0.2) is 255 Å². The summed E-state index contributed by atoms with van der Waals surface area (Å²) in [5, 5.41) is 5.22. The Bertz CT molecular complexity index is 4040. The minimum atomic E-state index is -0.264. The van der Waals surface area contributed by atoms with E-state index in [1.54, 1.807) is 0 Å². The van der Waals surface area contributed by atoms with Crippen molar-refractivity contribution in [3.05, 3.63) is 277 Å². The van der Waals surface area contributed by atoms with Gasteiger partial charge in [0, 0.05) is 38.8 Å². The van der Waals surface area contributed by atoms with Gasteiger partial charge in [-0.25, -0.2) is 0 Å². The van der Waals surface area contributed by atoms with E-state index in [9.17, 15) is 0 Å². The second-order valence-corrected chi connectivity index (χ2v) is 20.7. The molecule has 0 saturated heterocycles. The smallest absolute Gasteiger partial charge is 0.0547 e. The number of rotatable bonds is 9. The van der Waals surface area contributed by atoms with Gasteiger partial charge in [0.25, 0.3) is 0 Å². The molecule has 1 saturated carbocycles. The third-order valence-corrected chi connectivity index (χ3v) is 16.7. The fourth-order valence-electron chi connectivity index (χ4n) is 13.0. The normalized spacial score (nSPS) is 15.4. The Labute approximate surface area is 434 Å². The molecule has 0 spiro atoms. The Kier molecular flexibility index (Phi) is 10.8. The molecule has 0 amide bonds. The number of aromatic nitrogens is 1. The molecule has 354 valence electrons. The molecule has 2 nitrogen and oxygen atoms in total. The summed E-state index contributed by atoms with van der Waals surface area (Å²) in [6.07, 6.45) is 6.45. The van der Waals surface area contributed by atoms with E-state index in [1.165, 1.54) is 131 Å². The van der Waals surface area contributed by atoms with Crippen LogP contribution in [-0.2, 0) is 5.41 Å². The lowest BCUT2D eigenvalue weighted by atomic mass is 9.74. The first kappa shape index (κ1) is 44.0. The molecule has 1 aromatic heterocycles. The highest BCUT2D eigenvalue weighted by Gasteiger charge is 2.40. The number of nitrogens with zero attached hydrogens (tertiary/aromatic N) is 2. The zero-order chi connectivity index (χ0) is 49.2. The maximum atomic E-state index is 2.48. The van der Waals surface area contributed by atoms with E-state index >= 15 is 0 Å². The van der Waals surface area contributed by atoms with Crippen LogP contribution >= 0.6 is 0 Å². The van der Waals surface area contributed by atoms with E-state index in [2.05, 4.69) is 271 Å². The molecule has 74 heavy (non-hydrogen) atoms. The van der Waals surface area contributed by atoms with Gasteiger partial charge in [0.05, 0.1) is 16.7 Å². The molecule has 11 aromatic carbocycles. The van der Waals surface area contributed by atoms with Crippen molar-refractivity contribution in [3.63, 3.8) is 0 Å². The second kappa shape index (κ2) is 18.1. The Balaban J connectivity index is 0.899. The minimum absolute atomic E-state index is 0.264. The van der Waals surface area contributed by atoms with Crippen molar-refractivity contribution in [1.82, 2.24) is 4.57 Å². The van der Waals surface area contributed by atoms with E-state index in [0.29, 0.717) is 5.92 Å². The Hall–Kier alpha value is -8.72. The zero-order valence-corrected chi connectivity index (χ0v) is 41.8. The standard InChI is InChI=1S/C72H56N2/c1-72(55-23-7-3-8-24-55)66-32-14-11-27-60(66)61-45-39-53(47-67(61)72)49-35-41-57(42-36-49)73(68-33-15-13-29-63(68)65-31-18-22-52-21-17-30-59(71(52)65)51-19-5-2-6-20-51)58-43-37-50(38-44-58)54-40-46-64-62-28-12-16-34-69(62)74(70(64)48-54)56-25-9-4-10-26-56/h3-4,7-18,21-48,51H,2,5-6,19-20H2,1H3. The van der Waals surface area contributed by atoms with Gasteiger partial charge in [0.1, 0.15) is 0 Å². The molecule has 2 heteroatoms. The average Bonchev–Trinajstić information content (AvgIpc) is 3.95. The molecule has 2 aliphatic carbocycles. The second-order valence-electron chi connectivity index (χ2n) is 20.7. The third-order valence-electron chi connectivity index (χ3n) is 16.7. The monoisotopic (exact) mass is 948 g/mol. The van der Waals surface area contributed by atoms with Gasteiger partial charge in [-0.1, -0.05) is 213 Å². The van der Waals surface area contributed by atoms with Crippen molar-refractivity contribution < 1.29 is 0 Å². The van der Waals surface area contributed by atoms with E-state index in [1.807, 2.05) is 0 Å². The van der Waals surface area contributed by atoms with Crippen LogP contribution in [0.5, 0.6) is 0 Å². The average molecular weight is 949 g/mol. The number of para-hydroxylation sites is 3. The number of hydrogen-bond acceptors (Lipinski definition) is 1. The summed E-state index contributed by atoms with van der Waals surface area (Å²) >= 11 is 0. The van der Waals surface area contributed by atoms with Gasteiger partial charge in [-0.2, -0.15) is 0 Å². The van der Waals surface area contributed by atoms with Crippen LogP contribution < -0.4 is 4.90 Å². The van der Waals surface area contributed by atoms with Gasteiger partial charge >= 0.3 is 0 Å². The molecule has 1 heterocycles. The van der Waals surface area contributed by atoms with Crippen molar-refractivity contribution >= 4 is 49.6 Å². The summed E-state index contributed by atoms with van der Waals surface area (Å²) in [5.41, 5.74) is 22.2. The van der Waals surface area contributed by atoms with E-state index in [0.717, 1.165) is 22.7 Å². The molecule has 12 aromatic rings. The zero-order valence-electron chi connectivity index (χ0n) is 41.8. The van der Waals surface area contributed by atoms with Crippen LogP contribution in [0.1, 0.15) is 67.2 Å². The summed E-state index contributed by atoms with van der Waals surface area (Å²) in [5.74, 6) is 0.573. The highest BCUT2D eigenvalue weighted by molar-refractivity contribution is 6.10. The summed E-state index contributed by atoms with van der Waals surface area (Å²) in [6.45, 7) is 2.40. The van der Waals surface area contributed by atoms with Gasteiger partial charge in [-0.15, -0.1) is 0 Å². The SMILES string of the molecule is CC1(c2ccccc2)c2ccccc2-c2ccc(-c3ccc(N(c4ccc(-c5ccc6c7ccccc7n(-c7ccccc7)c6c5)cc4)c4ccccc4-c4cccc5cccc(C6CCCCC6)c45)cc3)cc21. The predicted octanol–water partition coefficient (Wildman–Crippen LogP) is 19.8. The molecule has 0 radical (unpaired) electrons. The third kappa shape index (κ3) is 7.23. The molecule has 1 fully saturated rings. The van der Waals surface area contributed by atoms with Crippen LogP contribution in [0.3, 0.4) is 0 Å². The molecule has 1 atom stereocenters.